The number of hydrogen-bond acceptors (Lipinski definition) is 3. The molecule has 0 saturated heterocycles. The maximum absolute atomic E-state index is 12.4. The van der Waals surface area contributed by atoms with Crippen molar-refractivity contribution in [1.29, 1.82) is 0 Å². The number of Topliss-reactive ketones (excluding diaryl/α,β-unsaturated/α-hetero) is 1. The van der Waals surface area contributed by atoms with Gasteiger partial charge in [-0.25, -0.2) is 0 Å². The zero-order valence-electron chi connectivity index (χ0n) is 17.3. The number of hydrogen-bond donors (Lipinski definition) is 2. The lowest BCUT2D eigenvalue weighted by Gasteiger charge is -2.27. The number of ketones is 1. The van der Waals surface area contributed by atoms with Gasteiger partial charge in [0.25, 0.3) is 0 Å². The molecule has 0 aliphatic heterocycles. The molecule has 2 saturated carbocycles. The average Bonchev–Trinajstić information content (AvgIpc) is 3.11. The van der Waals surface area contributed by atoms with Gasteiger partial charge in [-0.2, -0.15) is 0 Å². The second kappa shape index (κ2) is 10.7. The van der Waals surface area contributed by atoms with Crippen molar-refractivity contribution in [3.05, 3.63) is 47.5 Å². The molecule has 1 unspecified atom stereocenters. The Bertz CT molecular complexity index is 700. The number of rotatable bonds is 9. The van der Waals surface area contributed by atoms with Crippen molar-refractivity contribution >= 4 is 11.8 Å². The molecule has 2 aliphatic rings. The van der Waals surface area contributed by atoms with E-state index in [1.165, 1.54) is 24.8 Å². The van der Waals surface area contributed by atoms with Crippen LogP contribution in [-0.4, -0.2) is 22.0 Å². The van der Waals surface area contributed by atoms with Crippen molar-refractivity contribution in [2.45, 2.75) is 82.7 Å². The van der Waals surface area contributed by atoms with Gasteiger partial charge < -0.3 is 10.2 Å². The fourth-order valence-corrected chi connectivity index (χ4v) is 5.00. The molecule has 2 aliphatic carbocycles. The molecule has 0 amide bonds. The molecule has 158 valence electrons. The van der Waals surface area contributed by atoms with Gasteiger partial charge in [0.1, 0.15) is 5.78 Å². The van der Waals surface area contributed by atoms with Crippen LogP contribution in [0.3, 0.4) is 0 Å². The summed E-state index contributed by atoms with van der Waals surface area (Å²) in [5, 5.41) is 19.4. The molecule has 4 nitrogen and oxygen atoms in total. The highest BCUT2D eigenvalue weighted by Gasteiger charge is 2.34. The summed E-state index contributed by atoms with van der Waals surface area (Å²) in [4.78, 5) is 23.0. The predicted molar refractivity (Wildman–Crippen MR) is 114 cm³/mol. The summed E-state index contributed by atoms with van der Waals surface area (Å²) in [6.45, 7) is 0. The van der Waals surface area contributed by atoms with E-state index in [1.807, 2.05) is 12.2 Å². The van der Waals surface area contributed by atoms with Gasteiger partial charge in [-0.1, -0.05) is 55.7 Å². The van der Waals surface area contributed by atoms with Crippen LogP contribution in [0.2, 0.25) is 0 Å². The maximum Gasteiger partial charge on any atom is 0.303 e. The van der Waals surface area contributed by atoms with Crippen LogP contribution in [0.1, 0.15) is 93.8 Å². The Kier molecular flexibility index (Phi) is 8.05. The van der Waals surface area contributed by atoms with Gasteiger partial charge in [-0.05, 0) is 61.5 Å². The first-order chi connectivity index (χ1) is 14.1. The Balaban J connectivity index is 1.57. The number of aliphatic carboxylic acids is 1. The van der Waals surface area contributed by atoms with Gasteiger partial charge in [0.2, 0.25) is 0 Å². The van der Waals surface area contributed by atoms with Crippen molar-refractivity contribution in [3.63, 3.8) is 0 Å². The van der Waals surface area contributed by atoms with Gasteiger partial charge in [0.15, 0.2) is 0 Å². The number of aliphatic hydroxyl groups excluding tert-OH is 1. The molecule has 0 radical (unpaired) electrons. The molecular weight excluding hydrogens is 364 g/mol. The lowest BCUT2D eigenvalue weighted by atomic mass is 9.81. The number of benzene rings is 1. The van der Waals surface area contributed by atoms with Crippen LogP contribution < -0.4 is 0 Å². The Hall–Kier alpha value is -1.94. The molecule has 0 aromatic heterocycles. The normalized spacial score (nSPS) is 24.2. The Morgan fingerprint density at radius 1 is 1.07 bits per heavy atom. The number of carbonyl (C=O) groups is 2. The fraction of sp³-hybridized carbons (Fsp3) is 0.600. The first-order valence-corrected chi connectivity index (χ1v) is 11.2. The predicted octanol–water partition coefficient (Wildman–Crippen LogP) is 5.56. The molecule has 1 aromatic carbocycles. The van der Waals surface area contributed by atoms with Crippen molar-refractivity contribution in [3.8, 4) is 0 Å². The number of allylic oxidation sites excluding steroid dienone is 2. The van der Waals surface area contributed by atoms with Gasteiger partial charge in [-0.3, -0.25) is 9.59 Å². The minimum atomic E-state index is -0.763. The van der Waals surface area contributed by atoms with Crippen molar-refractivity contribution in [2.24, 2.45) is 11.8 Å². The molecule has 29 heavy (non-hydrogen) atoms. The third-order valence-electron chi connectivity index (χ3n) is 6.72. The van der Waals surface area contributed by atoms with E-state index in [0.29, 0.717) is 24.5 Å². The van der Waals surface area contributed by atoms with Gasteiger partial charge in [0.05, 0.1) is 6.10 Å². The van der Waals surface area contributed by atoms with Crippen LogP contribution in [0.5, 0.6) is 0 Å². The lowest BCUT2D eigenvalue weighted by Crippen LogP contribution is -2.16. The zero-order valence-corrected chi connectivity index (χ0v) is 17.3. The Labute approximate surface area is 174 Å². The van der Waals surface area contributed by atoms with E-state index >= 15 is 0 Å². The molecule has 1 aromatic rings. The minimum Gasteiger partial charge on any atom is -0.481 e. The molecule has 0 bridgehead atoms. The van der Waals surface area contributed by atoms with Crippen LogP contribution >= 0.6 is 0 Å². The van der Waals surface area contributed by atoms with Gasteiger partial charge >= 0.3 is 5.97 Å². The summed E-state index contributed by atoms with van der Waals surface area (Å²) < 4.78 is 0. The van der Waals surface area contributed by atoms with E-state index in [9.17, 15) is 14.7 Å². The average molecular weight is 399 g/mol. The number of carboxylic acid groups (broad SMARTS) is 1. The highest BCUT2D eigenvalue weighted by Crippen LogP contribution is 2.40. The van der Waals surface area contributed by atoms with Gasteiger partial charge in [0, 0.05) is 18.8 Å². The summed E-state index contributed by atoms with van der Waals surface area (Å²) >= 11 is 0. The van der Waals surface area contributed by atoms with Crippen LogP contribution in [0, 0.1) is 11.8 Å². The van der Waals surface area contributed by atoms with E-state index in [1.54, 1.807) is 0 Å². The van der Waals surface area contributed by atoms with Crippen molar-refractivity contribution < 1.29 is 19.8 Å². The van der Waals surface area contributed by atoms with Crippen LogP contribution in [-0.2, 0) is 9.59 Å². The summed E-state index contributed by atoms with van der Waals surface area (Å²) in [7, 11) is 0. The lowest BCUT2D eigenvalue weighted by molar-refractivity contribution is -0.137. The first kappa shape index (κ1) is 21.8. The summed E-state index contributed by atoms with van der Waals surface area (Å²) in [6, 6.07) is 8.31. The smallest absolute Gasteiger partial charge is 0.303 e. The second-order valence-electron chi connectivity index (χ2n) is 8.72. The molecule has 3 atom stereocenters. The summed E-state index contributed by atoms with van der Waals surface area (Å²) in [5.74, 6) is 0.201. The number of carboxylic acids is 1. The molecule has 4 heteroatoms. The van der Waals surface area contributed by atoms with E-state index in [0.717, 1.165) is 37.7 Å². The number of carbonyl (C=O) groups excluding carboxylic acids is 1. The van der Waals surface area contributed by atoms with Gasteiger partial charge in [-0.15, -0.1) is 0 Å². The Morgan fingerprint density at radius 3 is 2.48 bits per heavy atom. The fourth-order valence-electron chi connectivity index (χ4n) is 5.00. The second-order valence-corrected chi connectivity index (χ2v) is 8.72. The topological polar surface area (TPSA) is 74.6 Å². The van der Waals surface area contributed by atoms with Crippen LogP contribution in [0.15, 0.2) is 36.4 Å². The quantitative estimate of drug-likeness (QED) is 0.421. The van der Waals surface area contributed by atoms with E-state index in [2.05, 4.69) is 24.3 Å². The SMILES string of the molecule is O=C(O)CCCC=CC[C@H]1C(=O)CC[C@@H]1c1ccc(C(O)C2CCCCC2)cc1. The molecule has 0 spiro atoms. The van der Waals surface area contributed by atoms with Crippen molar-refractivity contribution in [1.82, 2.24) is 0 Å². The third-order valence-corrected chi connectivity index (χ3v) is 6.72. The first-order valence-electron chi connectivity index (χ1n) is 11.2. The molecular formula is C25H34O4. The van der Waals surface area contributed by atoms with Crippen LogP contribution in [0.25, 0.3) is 0 Å². The largest absolute Gasteiger partial charge is 0.481 e. The molecule has 3 rings (SSSR count). The highest BCUT2D eigenvalue weighted by molar-refractivity contribution is 5.84. The van der Waals surface area contributed by atoms with E-state index < -0.39 is 5.97 Å². The monoisotopic (exact) mass is 398 g/mol. The van der Waals surface area contributed by atoms with E-state index in [-0.39, 0.29) is 24.4 Å². The molecule has 0 heterocycles. The molecule has 2 N–H and O–H groups in total. The van der Waals surface area contributed by atoms with Crippen LogP contribution in [0.4, 0.5) is 0 Å². The highest BCUT2D eigenvalue weighted by atomic mass is 16.4. The van der Waals surface area contributed by atoms with E-state index in [4.69, 9.17) is 5.11 Å². The zero-order chi connectivity index (χ0) is 20.6. The summed E-state index contributed by atoms with van der Waals surface area (Å²) in [5.41, 5.74) is 2.19. The molecule has 2 fully saturated rings. The number of unbranched alkanes of at least 4 members (excludes halogenated alkanes) is 1. The standard InChI is InChI=1S/C25H34O4/c26-23-17-16-21(22(23)10-6-1-2-7-11-24(27)28)18-12-14-20(15-13-18)25(29)19-8-4-3-5-9-19/h1,6,12-15,19,21-22,25,29H,2-5,7-11,16-17H2,(H,27,28)/t21-,22-,25?/m1/s1. The third kappa shape index (κ3) is 6.02. The Morgan fingerprint density at radius 2 is 1.79 bits per heavy atom. The minimum absolute atomic E-state index is 0.0137. The number of aliphatic hydroxyl groups is 1. The van der Waals surface area contributed by atoms with Crippen molar-refractivity contribution in [2.75, 3.05) is 0 Å². The maximum atomic E-state index is 12.4. The summed E-state index contributed by atoms with van der Waals surface area (Å²) in [6.07, 6.45) is 13.4.